The van der Waals surface area contributed by atoms with Gasteiger partial charge in [-0.1, -0.05) is 0 Å². The Morgan fingerprint density at radius 2 is 1.94 bits per heavy atom. The molecule has 18 heavy (non-hydrogen) atoms. The van der Waals surface area contributed by atoms with Gasteiger partial charge < -0.3 is 11.1 Å². The Hall–Kier alpha value is -1.69. The van der Waals surface area contributed by atoms with E-state index in [4.69, 9.17) is 5.73 Å². The van der Waals surface area contributed by atoms with Gasteiger partial charge >= 0.3 is 6.03 Å². The van der Waals surface area contributed by atoms with E-state index in [-0.39, 0.29) is 11.2 Å². The van der Waals surface area contributed by atoms with Crippen LogP contribution in [0.2, 0.25) is 0 Å². The van der Waals surface area contributed by atoms with Crippen LogP contribution < -0.4 is 16.4 Å². The SMILES string of the molecule is CCNC(=O)NC(=O)C(C)Sc1ccc(N)cc1. The Kier molecular flexibility index (Phi) is 5.51. The number of thioether (sulfide) groups is 1. The summed E-state index contributed by atoms with van der Waals surface area (Å²) in [6.45, 7) is 4.02. The summed E-state index contributed by atoms with van der Waals surface area (Å²) in [5.41, 5.74) is 6.25. The normalized spacial score (nSPS) is 11.7. The van der Waals surface area contributed by atoms with Gasteiger partial charge in [-0.2, -0.15) is 0 Å². The maximum Gasteiger partial charge on any atom is 0.321 e. The van der Waals surface area contributed by atoms with Gasteiger partial charge in [-0.05, 0) is 38.1 Å². The van der Waals surface area contributed by atoms with Crippen molar-refractivity contribution in [2.75, 3.05) is 12.3 Å². The van der Waals surface area contributed by atoms with Crippen LogP contribution >= 0.6 is 11.8 Å². The summed E-state index contributed by atoms with van der Waals surface area (Å²) in [6, 6.07) is 6.77. The lowest BCUT2D eigenvalue weighted by Crippen LogP contribution is -2.42. The predicted molar refractivity (Wildman–Crippen MR) is 73.4 cm³/mol. The number of nitrogens with two attached hydrogens (primary N) is 1. The van der Waals surface area contributed by atoms with Crippen molar-refractivity contribution in [3.05, 3.63) is 24.3 Å². The van der Waals surface area contributed by atoms with E-state index in [1.807, 2.05) is 12.1 Å². The second-order valence-corrected chi connectivity index (χ2v) is 5.09. The third-order valence-corrected chi connectivity index (χ3v) is 3.25. The number of anilines is 1. The highest BCUT2D eigenvalue weighted by atomic mass is 32.2. The molecule has 0 saturated heterocycles. The zero-order chi connectivity index (χ0) is 13.5. The molecule has 0 radical (unpaired) electrons. The average Bonchev–Trinajstić information content (AvgIpc) is 2.32. The van der Waals surface area contributed by atoms with Crippen LogP contribution in [0.25, 0.3) is 0 Å². The van der Waals surface area contributed by atoms with Crippen molar-refractivity contribution in [1.82, 2.24) is 10.6 Å². The molecule has 0 fully saturated rings. The highest BCUT2D eigenvalue weighted by molar-refractivity contribution is 8.00. The zero-order valence-corrected chi connectivity index (χ0v) is 11.2. The molecule has 0 bridgehead atoms. The third kappa shape index (κ3) is 4.67. The van der Waals surface area contributed by atoms with Crippen molar-refractivity contribution in [2.45, 2.75) is 24.0 Å². The van der Waals surface area contributed by atoms with Gasteiger partial charge in [-0.3, -0.25) is 10.1 Å². The van der Waals surface area contributed by atoms with E-state index < -0.39 is 6.03 Å². The largest absolute Gasteiger partial charge is 0.399 e. The fourth-order valence-corrected chi connectivity index (χ4v) is 2.09. The molecule has 1 rings (SSSR count). The number of nitrogen functional groups attached to an aromatic ring is 1. The lowest BCUT2D eigenvalue weighted by atomic mass is 10.3. The van der Waals surface area contributed by atoms with E-state index in [0.29, 0.717) is 12.2 Å². The van der Waals surface area contributed by atoms with Crippen molar-refractivity contribution in [3.63, 3.8) is 0 Å². The van der Waals surface area contributed by atoms with Crippen LogP contribution in [-0.2, 0) is 4.79 Å². The van der Waals surface area contributed by atoms with Crippen LogP contribution in [-0.4, -0.2) is 23.7 Å². The molecule has 0 aliphatic heterocycles. The predicted octanol–water partition coefficient (Wildman–Crippen LogP) is 1.60. The highest BCUT2D eigenvalue weighted by Gasteiger charge is 2.16. The first-order valence-corrected chi connectivity index (χ1v) is 6.51. The number of benzene rings is 1. The Labute approximate surface area is 111 Å². The van der Waals surface area contributed by atoms with E-state index in [9.17, 15) is 9.59 Å². The Balaban J connectivity index is 2.49. The number of hydrogen-bond acceptors (Lipinski definition) is 4. The quantitative estimate of drug-likeness (QED) is 0.571. The van der Waals surface area contributed by atoms with Crippen molar-refractivity contribution < 1.29 is 9.59 Å². The summed E-state index contributed by atoms with van der Waals surface area (Å²) in [5.74, 6) is -0.317. The molecule has 0 aromatic heterocycles. The number of hydrogen-bond donors (Lipinski definition) is 3. The fraction of sp³-hybridized carbons (Fsp3) is 0.333. The number of carbonyl (C=O) groups excluding carboxylic acids is 2. The van der Waals surface area contributed by atoms with Crippen LogP contribution in [0.3, 0.4) is 0 Å². The molecular weight excluding hydrogens is 250 g/mol. The second-order valence-electron chi connectivity index (χ2n) is 3.68. The first-order valence-electron chi connectivity index (χ1n) is 5.63. The number of amides is 3. The summed E-state index contributed by atoms with van der Waals surface area (Å²) in [5, 5.41) is 4.43. The summed E-state index contributed by atoms with van der Waals surface area (Å²) < 4.78 is 0. The van der Waals surface area contributed by atoms with Crippen LogP contribution in [0.15, 0.2) is 29.2 Å². The van der Waals surface area contributed by atoms with E-state index in [1.54, 1.807) is 26.0 Å². The fourth-order valence-electron chi connectivity index (χ4n) is 1.22. The first-order chi connectivity index (χ1) is 8.52. The number of rotatable bonds is 4. The molecule has 6 heteroatoms. The zero-order valence-electron chi connectivity index (χ0n) is 10.4. The van der Waals surface area contributed by atoms with Crippen molar-refractivity contribution in [1.29, 1.82) is 0 Å². The van der Waals surface area contributed by atoms with Gasteiger partial charge in [-0.15, -0.1) is 11.8 Å². The molecule has 5 nitrogen and oxygen atoms in total. The molecule has 0 aliphatic carbocycles. The summed E-state index contributed by atoms with van der Waals surface area (Å²) in [4.78, 5) is 23.8. The molecular formula is C12H17N3O2S. The Morgan fingerprint density at radius 1 is 1.33 bits per heavy atom. The molecule has 98 valence electrons. The molecule has 0 spiro atoms. The van der Waals surface area contributed by atoms with Crippen molar-refractivity contribution >= 4 is 29.4 Å². The highest BCUT2D eigenvalue weighted by Crippen LogP contribution is 2.23. The van der Waals surface area contributed by atoms with Gasteiger partial charge in [0.2, 0.25) is 5.91 Å². The maximum atomic E-state index is 11.7. The standard InChI is InChI=1S/C12H17N3O2S/c1-3-14-12(17)15-11(16)8(2)18-10-6-4-9(13)5-7-10/h4-8H,3,13H2,1-2H3,(H2,14,15,16,17). The number of carbonyl (C=O) groups is 2. The third-order valence-electron chi connectivity index (χ3n) is 2.14. The number of nitrogens with one attached hydrogen (secondary N) is 2. The van der Waals surface area contributed by atoms with Crippen LogP contribution in [0.1, 0.15) is 13.8 Å². The minimum atomic E-state index is -0.466. The van der Waals surface area contributed by atoms with E-state index in [2.05, 4.69) is 10.6 Å². The van der Waals surface area contributed by atoms with Crippen LogP contribution in [0, 0.1) is 0 Å². The molecule has 0 aliphatic rings. The lowest BCUT2D eigenvalue weighted by Gasteiger charge is -2.11. The molecule has 4 N–H and O–H groups in total. The van der Waals surface area contributed by atoms with Crippen molar-refractivity contribution in [3.8, 4) is 0 Å². The number of urea groups is 1. The smallest absolute Gasteiger partial charge is 0.321 e. The van der Waals surface area contributed by atoms with E-state index >= 15 is 0 Å². The van der Waals surface area contributed by atoms with Gasteiger partial charge in [0.15, 0.2) is 0 Å². The van der Waals surface area contributed by atoms with Gasteiger partial charge in [0.25, 0.3) is 0 Å². The molecule has 1 aromatic rings. The Bertz CT molecular complexity index is 420. The summed E-state index contributed by atoms with van der Waals surface area (Å²) in [6.07, 6.45) is 0. The molecule has 0 saturated carbocycles. The molecule has 1 atom stereocenters. The summed E-state index contributed by atoms with van der Waals surface area (Å²) in [7, 11) is 0. The maximum absolute atomic E-state index is 11.7. The topological polar surface area (TPSA) is 84.2 Å². The van der Waals surface area contributed by atoms with Crippen LogP contribution in [0.5, 0.6) is 0 Å². The van der Waals surface area contributed by atoms with Crippen molar-refractivity contribution in [2.24, 2.45) is 0 Å². The van der Waals surface area contributed by atoms with Gasteiger partial charge in [0, 0.05) is 17.1 Å². The second kappa shape index (κ2) is 6.90. The van der Waals surface area contributed by atoms with E-state index in [1.165, 1.54) is 11.8 Å². The lowest BCUT2D eigenvalue weighted by molar-refractivity contribution is -0.119. The van der Waals surface area contributed by atoms with Gasteiger partial charge in [0.05, 0.1) is 5.25 Å². The Morgan fingerprint density at radius 3 is 2.50 bits per heavy atom. The monoisotopic (exact) mass is 267 g/mol. The minimum Gasteiger partial charge on any atom is -0.399 e. The van der Waals surface area contributed by atoms with Gasteiger partial charge in [0.1, 0.15) is 0 Å². The van der Waals surface area contributed by atoms with Gasteiger partial charge in [-0.25, -0.2) is 4.79 Å². The van der Waals surface area contributed by atoms with E-state index in [0.717, 1.165) is 4.90 Å². The molecule has 1 unspecified atom stereocenters. The average molecular weight is 267 g/mol. The first kappa shape index (κ1) is 14.4. The minimum absolute atomic E-state index is 0.317. The molecule has 3 amide bonds. The van der Waals surface area contributed by atoms with Crippen LogP contribution in [0.4, 0.5) is 10.5 Å². The number of imide groups is 1. The molecule has 0 heterocycles. The molecule has 1 aromatic carbocycles. The summed E-state index contributed by atoms with van der Waals surface area (Å²) >= 11 is 1.37.